The number of rotatable bonds is 3. The van der Waals surface area contributed by atoms with Crippen molar-refractivity contribution >= 4 is 11.5 Å². The van der Waals surface area contributed by atoms with Crippen LogP contribution in [0.25, 0.3) is 11.3 Å². The van der Waals surface area contributed by atoms with Crippen molar-refractivity contribution in [1.82, 2.24) is 9.88 Å². The van der Waals surface area contributed by atoms with Crippen molar-refractivity contribution in [3.63, 3.8) is 0 Å². The zero-order chi connectivity index (χ0) is 19.5. The van der Waals surface area contributed by atoms with E-state index in [4.69, 9.17) is 0 Å². The van der Waals surface area contributed by atoms with E-state index in [0.29, 0.717) is 17.6 Å². The van der Waals surface area contributed by atoms with Crippen molar-refractivity contribution < 1.29 is 4.79 Å². The lowest BCUT2D eigenvalue weighted by Crippen LogP contribution is -2.35. The molecule has 3 aromatic rings. The third-order valence-corrected chi connectivity index (χ3v) is 4.86. The van der Waals surface area contributed by atoms with Gasteiger partial charge in [0.25, 0.3) is 11.5 Å². The summed E-state index contributed by atoms with van der Waals surface area (Å²) in [4.78, 5) is 25.7. The number of carbonyl (C=O) groups excluding carboxylic acids is 1. The monoisotopic (exact) mass is 367 g/mol. The van der Waals surface area contributed by atoms with E-state index in [1.54, 1.807) is 18.3 Å². The maximum atomic E-state index is 13.2. The predicted octanol–water partition coefficient (Wildman–Crippen LogP) is 3.38. The molecule has 0 spiro atoms. The minimum atomic E-state index is -0.452. The molecule has 5 heteroatoms. The van der Waals surface area contributed by atoms with Gasteiger partial charge in [-0.3, -0.25) is 14.2 Å². The molecule has 0 radical (unpaired) electrons. The largest absolute Gasteiger partial charge is 0.344 e. The maximum absolute atomic E-state index is 13.2. The second kappa shape index (κ2) is 7.37. The lowest BCUT2D eigenvalue weighted by molar-refractivity contribution is -0.118. The van der Waals surface area contributed by atoms with Crippen LogP contribution in [0.4, 0.5) is 0 Å². The summed E-state index contributed by atoms with van der Waals surface area (Å²) in [5, 5.41) is 12.4. The zero-order valence-electron chi connectivity index (χ0n) is 15.0. The van der Waals surface area contributed by atoms with Crippen LogP contribution in [0.5, 0.6) is 0 Å². The molecule has 4 rings (SSSR count). The topological polar surface area (TPSA) is 74.9 Å². The van der Waals surface area contributed by atoms with Crippen molar-refractivity contribution in [2.24, 2.45) is 0 Å². The Labute approximate surface area is 162 Å². The number of pyridine rings is 1. The zero-order valence-corrected chi connectivity index (χ0v) is 15.0. The summed E-state index contributed by atoms with van der Waals surface area (Å²) in [6.45, 7) is 0. The van der Waals surface area contributed by atoms with Gasteiger partial charge in [-0.1, -0.05) is 48.5 Å². The standard InChI is InChI=1S/C23H17N3O2/c24-15-20-19(14-21(25-22(20)27)16-8-3-1-4-9-16)18-12-7-13-26(23(18)28)17-10-5-2-6-11-17/h1-13,21H,14H2,(H,25,27). The van der Waals surface area contributed by atoms with Crippen molar-refractivity contribution in [2.45, 2.75) is 12.5 Å². The molecule has 1 aromatic heterocycles. The van der Waals surface area contributed by atoms with E-state index < -0.39 is 5.91 Å². The number of nitriles is 1. The van der Waals surface area contributed by atoms with Gasteiger partial charge in [0, 0.05) is 17.4 Å². The Morgan fingerprint density at radius 1 is 0.929 bits per heavy atom. The van der Waals surface area contributed by atoms with Gasteiger partial charge in [0.15, 0.2) is 0 Å². The highest BCUT2D eigenvalue weighted by atomic mass is 16.2. The molecule has 1 aliphatic heterocycles. The van der Waals surface area contributed by atoms with Gasteiger partial charge in [0.05, 0.1) is 6.04 Å². The van der Waals surface area contributed by atoms with E-state index >= 15 is 0 Å². The molecule has 1 aliphatic rings. The van der Waals surface area contributed by atoms with Crippen LogP contribution in [-0.4, -0.2) is 10.5 Å². The molecule has 2 aromatic carbocycles. The average molecular weight is 367 g/mol. The average Bonchev–Trinajstić information content (AvgIpc) is 2.74. The van der Waals surface area contributed by atoms with Gasteiger partial charge in [0.1, 0.15) is 11.6 Å². The molecule has 0 aliphatic carbocycles. The second-order valence-corrected chi connectivity index (χ2v) is 6.54. The van der Waals surface area contributed by atoms with Crippen LogP contribution in [0.2, 0.25) is 0 Å². The lowest BCUT2D eigenvalue weighted by atomic mass is 9.88. The Morgan fingerprint density at radius 2 is 1.61 bits per heavy atom. The Hall–Kier alpha value is -3.91. The summed E-state index contributed by atoms with van der Waals surface area (Å²) in [6, 6.07) is 23.9. The van der Waals surface area contributed by atoms with Gasteiger partial charge in [-0.25, -0.2) is 0 Å². The number of hydrogen-bond acceptors (Lipinski definition) is 3. The van der Waals surface area contributed by atoms with E-state index in [9.17, 15) is 14.9 Å². The van der Waals surface area contributed by atoms with Crippen molar-refractivity contribution in [1.29, 1.82) is 5.26 Å². The maximum Gasteiger partial charge on any atom is 0.262 e. The number of aromatic nitrogens is 1. The molecule has 0 fully saturated rings. The molecule has 1 unspecified atom stereocenters. The lowest BCUT2D eigenvalue weighted by Gasteiger charge is -2.26. The van der Waals surface area contributed by atoms with Crippen LogP contribution < -0.4 is 10.9 Å². The summed E-state index contributed by atoms with van der Waals surface area (Å²) < 4.78 is 1.53. The summed E-state index contributed by atoms with van der Waals surface area (Å²) in [7, 11) is 0. The molecule has 0 saturated carbocycles. The first-order valence-corrected chi connectivity index (χ1v) is 8.95. The molecule has 1 atom stereocenters. The number of nitrogens with one attached hydrogen (secondary N) is 1. The molecule has 0 saturated heterocycles. The summed E-state index contributed by atoms with van der Waals surface area (Å²) in [6.07, 6.45) is 2.07. The van der Waals surface area contributed by atoms with E-state index in [0.717, 1.165) is 11.3 Å². The van der Waals surface area contributed by atoms with Gasteiger partial charge >= 0.3 is 0 Å². The number of benzene rings is 2. The fourth-order valence-electron chi connectivity index (χ4n) is 3.49. The molecule has 5 nitrogen and oxygen atoms in total. The first-order chi connectivity index (χ1) is 13.7. The summed E-state index contributed by atoms with van der Waals surface area (Å²) in [5.41, 5.74) is 2.26. The smallest absolute Gasteiger partial charge is 0.262 e. The molecule has 136 valence electrons. The fourth-order valence-corrected chi connectivity index (χ4v) is 3.49. The molecule has 1 amide bonds. The van der Waals surface area contributed by atoms with Gasteiger partial charge in [-0.2, -0.15) is 5.26 Å². The normalized spacial score (nSPS) is 16.4. The van der Waals surface area contributed by atoms with Crippen LogP contribution >= 0.6 is 0 Å². The number of hydrogen-bond donors (Lipinski definition) is 1. The van der Waals surface area contributed by atoms with Crippen LogP contribution in [0.1, 0.15) is 23.6 Å². The predicted molar refractivity (Wildman–Crippen MR) is 107 cm³/mol. The number of carbonyl (C=O) groups is 1. The van der Waals surface area contributed by atoms with Crippen LogP contribution in [0.3, 0.4) is 0 Å². The van der Waals surface area contributed by atoms with E-state index in [2.05, 4.69) is 5.32 Å². The van der Waals surface area contributed by atoms with Crippen LogP contribution in [0, 0.1) is 11.3 Å². The van der Waals surface area contributed by atoms with E-state index in [1.165, 1.54) is 4.57 Å². The molecular weight excluding hydrogens is 350 g/mol. The van der Waals surface area contributed by atoms with Crippen molar-refractivity contribution in [3.8, 4) is 11.8 Å². The molecule has 0 bridgehead atoms. The minimum absolute atomic E-state index is 0.00454. The van der Waals surface area contributed by atoms with Gasteiger partial charge in [-0.05, 0) is 41.8 Å². The Kier molecular flexibility index (Phi) is 4.61. The molecule has 2 heterocycles. The highest BCUT2D eigenvalue weighted by Crippen LogP contribution is 2.32. The molecule has 28 heavy (non-hydrogen) atoms. The van der Waals surface area contributed by atoms with Gasteiger partial charge < -0.3 is 5.32 Å². The second-order valence-electron chi connectivity index (χ2n) is 6.54. The molecule has 1 N–H and O–H groups in total. The highest BCUT2D eigenvalue weighted by molar-refractivity contribution is 6.06. The first kappa shape index (κ1) is 17.5. The number of para-hydroxylation sites is 1. The van der Waals surface area contributed by atoms with Crippen molar-refractivity contribution in [2.75, 3.05) is 0 Å². The van der Waals surface area contributed by atoms with E-state index in [1.807, 2.05) is 66.7 Å². The minimum Gasteiger partial charge on any atom is -0.344 e. The van der Waals surface area contributed by atoms with E-state index in [-0.39, 0.29) is 17.2 Å². The van der Waals surface area contributed by atoms with Crippen LogP contribution in [0.15, 0.2) is 89.4 Å². The van der Waals surface area contributed by atoms with Crippen molar-refractivity contribution in [3.05, 3.63) is 106 Å². The quantitative estimate of drug-likeness (QED) is 0.771. The SMILES string of the molecule is N#CC1=C(c2cccn(-c3ccccc3)c2=O)CC(c2ccccc2)NC1=O. The Morgan fingerprint density at radius 3 is 2.29 bits per heavy atom. The van der Waals surface area contributed by atoms with Crippen LogP contribution in [-0.2, 0) is 4.79 Å². The number of nitrogens with zero attached hydrogens (tertiary/aromatic N) is 2. The van der Waals surface area contributed by atoms with Gasteiger partial charge in [0.2, 0.25) is 0 Å². The third-order valence-electron chi connectivity index (χ3n) is 4.86. The highest BCUT2D eigenvalue weighted by Gasteiger charge is 2.30. The first-order valence-electron chi connectivity index (χ1n) is 8.95. The fraction of sp³-hybridized carbons (Fsp3) is 0.0870. The third kappa shape index (κ3) is 3.12. The van der Waals surface area contributed by atoms with Gasteiger partial charge in [-0.15, -0.1) is 0 Å². The Bertz CT molecular complexity index is 1160. The summed E-state index contributed by atoms with van der Waals surface area (Å²) >= 11 is 0. The number of amides is 1. The Balaban J connectivity index is 1.84. The molecular formula is C23H17N3O2. The summed E-state index contributed by atoms with van der Waals surface area (Å²) in [5.74, 6) is -0.452.